The van der Waals surface area contributed by atoms with Crippen LogP contribution in [0.2, 0.25) is 5.02 Å². The molecule has 48 heavy (non-hydrogen) atoms. The van der Waals surface area contributed by atoms with Gasteiger partial charge in [0.15, 0.2) is 17.7 Å². The first-order valence-corrected chi connectivity index (χ1v) is 17.9. The Morgan fingerprint density at radius 1 is 1.10 bits per heavy atom. The first kappa shape index (κ1) is 31.0. The van der Waals surface area contributed by atoms with Gasteiger partial charge in [0.2, 0.25) is 0 Å². The Labute approximate surface area is 285 Å². The van der Waals surface area contributed by atoms with Gasteiger partial charge in [0, 0.05) is 58.0 Å². The second-order valence-corrected chi connectivity index (χ2v) is 17.7. The molecule has 10 rings (SSSR count). The number of rotatable bonds is 2. The maximum absolute atomic E-state index is 13.3. The molecule has 2 aromatic rings. The van der Waals surface area contributed by atoms with Crippen molar-refractivity contribution in [2.45, 2.75) is 137 Å². The minimum atomic E-state index is -1.41. The number of halogens is 1. The predicted octanol–water partition coefficient (Wildman–Crippen LogP) is 5.36. The molecule has 2 saturated heterocycles. The number of H-pyrrole nitrogens is 1. The molecular formula is C38H46ClNO8. The van der Waals surface area contributed by atoms with E-state index in [1.165, 1.54) is 0 Å². The lowest BCUT2D eigenvalue weighted by Gasteiger charge is -2.71. The van der Waals surface area contributed by atoms with Crippen molar-refractivity contribution in [2.24, 2.45) is 17.3 Å². The first-order valence-electron chi connectivity index (χ1n) is 17.6. The molecule has 3 saturated carbocycles. The highest BCUT2D eigenvalue weighted by Crippen LogP contribution is 2.77. The quantitative estimate of drug-likeness (QED) is 0.247. The molecule has 258 valence electrons. The van der Waals surface area contributed by atoms with Crippen molar-refractivity contribution in [3.8, 4) is 0 Å². The lowest BCUT2D eigenvalue weighted by Crippen LogP contribution is -2.81. The second kappa shape index (κ2) is 8.63. The molecule has 9 nitrogen and oxygen atoms in total. The van der Waals surface area contributed by atoms with Crippen LogP contribution in [0.1, 0.15) is 95.4 Å². The fourth-order valence-electron chi connectivity index (χ4n) is 12.8. The zero-order chi connectivity index (χ0) is 33.9. The maximum atomic E-state index is 13.3. The van der Waals surface area contributed by atoms with Crippen LogP contribution in [0, 0.1) is 17.3 Å². The van der Waals surface area contributed by atoms with Crippen LogP contribution >= 0.6 is 11.6 Å². The van der Waals surface area contributed by atoms with E-state index in [1.807, 2.05) is 26.8 Å². The SMILES string of the molecule is C=C(C)[C@H]1O[C@H]2CC[C@@]3(C)[C@@](O)(CC[C@]4(OC)O[C@@H]5OC(C)(C)[C@H]6C[C@@H]7C(=C)Cc8c(Cl)cc9[nH]c(c5c9c8[C@@]76O)[C@@]43C)[C@]23O[C@@H]3[C@H]1O. The molecule has 8 aliphatic rings. The Morgan fingerprint density at radius 3 is 2.56 bits per heavy atom. The van der Waals surface area contributed by atoms with Crippen LogP contribution in [0.4, 0.5) is 0 Å². The monoisotopic (exact) mass is 679 g/mol. The molecule has 4 N–H and O–H groups in total. The standard InChI is InChI=1S/C38H46ClNO8/c1-16(2)28-27(41)30-38(46-30)23(45-28)9-10-33(6)34(7)29-25-24-21(40-29)15-20(39)18-13-17(3)19-14-22(37(19,43)26(18)24)32(4,5)47-31(25)48-36(34,44-8)12-11-35(33,38)42/h15,19,22-23,27-28,30-31,40-43H,1,3,9-14H2,2,4-8H3/t19-,22-,23+,27+,28-,30-,31+,33-,34-,35+,36+,37-,38+/m1/s1. The van der Waals surface area contributed by atoms with Gasteiger partial charge in [-0.15, -0.1) is 0 Å². The smallest absolute Gasteiger partial charge is 0.190 e. The van der Waals surface area contributed by atoms with Crippen LogP contribution in [-0.2, 0) is 41.1 Å². The van der Waals surface area contributed by atoms with E-state index in [2.05, 4.69) is 32.0 Å². The van der Waals surface area contributed by atoms with E-state index in [9.17, 15) is 15.3 Å². The fraction of sp³-hybridized carbons (Fsp3) is 0.684. The maximum Gasteiger partial charge on any atom is 0.190 e. The Morgan fingerprint density at radius 2 is 1.85 bits per heavy atom. The largest absolute Gasteiger partial charge is 0.387 e. The van der Waals surface area contributed by atoms with Gasteiger partial charge in [-0.25, -0.2) is 0 Å². The van der Waals surface area contributed by atoms with E-state index in [-0.39, 0.29) is 11.8 Å². The summed E-state index contributed by atoms with van der Waals surface area (Å²) in [7, 11) is 1.68. The van der Waals surface area contributed by atoms with Crippen molar-refractivity contribution < 1.29 is 39.0 Å². The third-order valence-corrected chi connectivity index (χ3v) is 15.7. The number of nitrogens with one attached hydrogen (secondary N) is 1. The summed E-state index contributed by atoms with van der Waals surface area (Å²) in [4.78, 5) is 3.81. The van der Waals surface area contributed by atoms with Gasteiger partial charge in [-0.1, -0.05) is 37.3 Å². The highest BCUT2D eigenvalue weighted by molar-refractivity contribution is 6.32. The summed E-state index contributed by atoms with van der Waals surface area (Å²) in [5.41, 5.74) is -0.383. The normalized spacial score (nSPS) is 51.8. The number of fused-ring (bicyclic) bond motifs is 4. The third-order valence-electron chi connectivity index (χ3n) is 15.4. The lowest BCUT2D eigenvalue weighted by molar-refractivity contribution is -0.413. The van der Waals surface area contributed by atoms with Gasteiger partial charge < -0.3 is 44.0 Å². The zero-order valence-electron chi connectivity index (χ0n) is 28.5. The molecule has 1 aromatic carbocycles. The lowest BCUT2D eigenvalue weighted by atomic mass is 9.39. The topological polar surface area (TPSA) is 126 Å². The summed E-state index contributed by atoms with van der Waals surface area (Å²) in [6, 6.07) is 1.95. The molecule has 13 atom stereocenters. The van der Waals surface area contributed by atoms with Crippen LogP contribution in [0.3, 0.4) is 0 Å². The summed E-state index contributed by atoms with van der Waals surface area (Å²) >= 11 is 7.10. The Kier molecular flexibility index (Phi) is 5.57. The number of methoxy groups -OCH3 is 1. The van der Waals surface area contributed by atoms with Gasteiger partial charge in [0.05, 0.1) is 17.1 Å². The minimum Gasteiger partial charge on any atom is -0.387 e. The van der Waals surface area contributed by atoms with Gasteiger partial charge in [0.25, 0.3) is 0 Å². The number of aliphatic hydroxyl groups excluding tert-OH is 1. The summed E-state index contributed by atoms with van der Waals surface area (Å²) < 4.78 is 33.9. The van der Waals surface area contributed by atoms with Crippen molar-refractivity contribution in [3.63, 3.8) is 0 Å². The number of hydrogen-bond acceptors (Lipinski definition) is 8. The van der Waals surface area contributed by atoms with Crippen LogP contribution in [0.15, 0.2) is 30.4 Å². The number of aromatic nitrogens is 1. The molecule has 1 spiro atoms. The molecule has 1 aromatic heterocycles. The second-order valence-electron chi connectivity index (χ2n) is 17.2. The third kappa shape index (κ3) is 2.88. The van der Waals surface area contributed by atoms with Crippen molar-refractivity contribution in [3.05, 3.63) is 57.8 Å². The molecule has 0 radical (unpaired) electrons. The molecule has 4 aliphatic carbocycles. The van der Waals surface area contributed by atoms with Crippen LogP contribution < -0.4 is 0 Å². The molecule has 4 aliphatic heterocycles. The Bertz CT molecular complexity index is 1890. The highest BCUT2D eigenvalue weighted by Gasteiger charge is 2.88. The molecule has 5 heterocycles. The van der Waals surface area contributed by atoms with E-state index in [0.717, 1.165) is 50.9 Å². The summed E-state index contributed by atoms with van der Waals surface area (Å²) in [5.74, 6) is -1.50. The van der Waals surface area contributed by atoms with E-state index >= 15 is 0 Å². The predicted molar refractivity (Wildman–Crippen MR) is 176 cm³/mol. The minimum absolute atomic E-state index is 0.101. The number of hydrogen-bond donors (Lipinski definition) is 4. The van der Waals surface area contributed by atoms with E-state index in [0.29, 0.717) is 37.1 Å². The Balaban J connectivity index is 1.24. The molecule has 0 amide bonds. The molecule has 0 bridgehead atoms. The van der Waals surface area contributed by atoms with Gasteiger partial charge >= 0.3 is 0 Å². The van der Waals surface area contributed by atoms with E-state index in [1.54, 1.807) is 7.11 Å². The fourth-order valence-corrected chi connectivity index (χ4v) is 13.0. The molecule has 5 fully saturated rings. The van der Waals surface area contributed by atoms with Crippen LogP contribution in [0.5, 0.6) is 0 Å². The van der Waals surface area contributed by atoms with Gasteiger partial charge in [-0.3, -0.25) is 0 Å². The Hall–Kier alpha value is -1.79. The summed E-state index contributed by atoms with van der Waals surface area (Å²) in [5, 5.41) is 39.1. The van der Waals surface area contributed by atoms with Crippen molar-refractivity contribution in [1.82, 2.24) is 4.98 Å². The van der Waals surface area contributed by atoms with Gasteiger partial charge in [-0.05, 0) is 82.6 Å². The zero-order valence-corrected chi connectivity index (χ0v) is 29.3. The number of ether oxygens (including phenoxy) is 5. The summed E-state index contributed by atoms with van der Waals surface area (Å²) in [6.07, 6.45) is -0.0818. The number of aliphatic hydroxyl groups is 3. The highest BCUT2D eigenvalue weighted by atomic mass is 35.5. The number of aromatic amines is 1. The molecular weight excluding hydrogens is 634 g/mol. The van der Waals surface area contributed by atoms with Crippen molar-refractivity contribution >= 4 is 22.5 Å². The number of epoxide rings is 1. The van der Waals surface area contributed by atoms with Crippen molar-refractivity contribution in [1.29, 1.82) is 0 Å². The average molecular weight is 680 g/mol. The van der Waals surface area contributed by atoms with E-state index < -0.39 is 69.7 Å². The number of benzene rings is 1. The van der Waals surface area contributed by atoms with Gasteiger partial charge in [0.1, 0.15) is 29.5 Å². The first-order chi connectivity index (χ1) is 22.5. The van der Waals surface area contributed by atoms with Gasteiger partial charge in [-0.2, -0.15) is 0 Å². The van der Waals surface area contributed by atoms with Crippen molar-refractivity contribution in [2.75, 3.05) is 7.11 Å². The molecule has 10 heteroatoms. The summed E-state index contributed by atoms with van der Waals surface area (Å²) in [6.45, 7) is 18.6. The van der Waals surface area contributed by atoms with Crippen LogP contribution in [0.25, 0.3) is 10.9 Å². The molecule has 0 unspecified atom stereocenters. The van der Waals surface area contributed by atoms with Crippen LogP contribution in [-0.4, -0.2) is 74.4 Å². The van der Waals surface area contributed by atoms with E-state index in [4.69, 9.17) is 35.3 Å². The average Bonchev–Trinajstić information content (AvgIpc) is 3.67.